The number of nitrogens with one attached hydrogen (secondary N) is 2. The van der Waals surface area contributed by atoms with Crippen LogP contribution in [0, 0.1) is 17.0 Å². The first-order valence-corrected chi connectivity index (χ1v) is 7.58. The molecule has 0 unspecified atom stereocenters. The zero-order chi connectivity index (χ0) is 17.6. The van der Waals surface area contributed by atoms with Crippen LogP contribution in [0.5, 0.6) is 0 Å². The van der Waals surface area contributed by atoms with Gasteiger partial charge in [-0.25, -0.2) is 9.48 Å². The van der Waals surface area contributed by atoms with Crippen molar-refractivity contribution in [2.45, 2.75) is 53.2 Å². The molecule has 2 N–H and O–H groups in total. The predicted molar refractivity (Wildman–Crippen MR) is 86.6 cm³/mol. The third-order valence-corrected chi connectivity index (χ3v) is 2.89. The SMILES string of the molecule is CCn1nc(C)c([N+](=O)[O-])c1NCCCNC(=O)OC(C)(C)C. The minimum absolute atomic E-state index is 0.00745. The van der Waals surface area contributed by atoms with Crippen LogP contribution in [0.4, 0.5) is 16.3 Å². The Balaban J connectivity index is 2.48. The molecule has 0 aromatic carbocycles. The summed E-state index contributed by atoms with van der Waals surface area (Å²) in [7, 11) is 0. The van der Waals surface area contributed by atoms with Crippen LogP contribution in [-0.2, 0) is 11.3 Å². The van der Waals surface area contributed by atoms with Crippen molar-refractivity contribution in [3.05, 3.63) is 15.8 Å². The Kier molecular flexibility index (Phi) is 6.35. The van der Waals surface area contributed by atoms with E-state index in [0.717, 1.165) is 0 Å². The van der Waals surface area contributed by atoms with E-state index in [4.69, 9.17) is 4.74 Å². The number of carbonyl (C=O) groups is 1. The van der Waals surface area contributed by atoms with Gasteiger partial charge < -0.3 is 15.4 Å². The van der Waals surface area contributed by atoms with Crippen LogP contribution in [0.25, 0.3) is 0 Å². The van der Waals surface area contributed by atoms with Gasteiger partial charge in [0.05, 0.1) is 4.92 Å². The van der Waals surface area contributed by atoms with Crippen LogP contribution in [-0.4, -0.2) is 39.5 Å². The first-order chi connectivity index (χ1) is 10.7. The van der Waals surface area contributed by atoms with Gasteiger partial charge in [-0.15, -0.1) is 0 Å². The maximum Gasteiger partial charge on any atom is 0.407 e. The van der Waals surface area contributed by atoms with E-state index < -0.39 is 16.6 Å². The second-order valence-corrected chi connectivity index (χ2v) is 6.06. The summed E-state index contributed by atoms with van der Waals surface area (Å²) in [6, 6.07) is 0. The summed E-state index contributed by atoms with van der Waals surface area (Å²) in [6.07, 6.45) is 0.127. The van der Waals surface area contributed by atoms with Gasteiger partial charge in [0, 0.05) is 19.6 Å². The van der Waals surface area contributed by atoms with Gasteiger partial charge >= 0.3 is 11.8 Å². The summed E-state index contributed by atoms with van der Waals surface area (Å²) in [5, 5.41) is 20.9. The second-order valence-electron chi connectivity index (χ2n) is 6.06. The molecule has 0 radical (unpaired) electrons. The van der Waals surface area contributed by atoms with E-state index in [1.54, 1.807) is 32.4 Å². The Morgan fingerprint density at radius 1 is 1.39 bits per heavy atom. The van der Waals surface area contributed by atoms with Crippen molar-refractivity contribution >= 4 is 17.6 Å². The van der Waals surface area contributed by atoms with Gasteiger partial charge in [0.15, 0.2) is 0 Å². The number of aromatic nitrogens is 2. The fraction of sp³-hybridized carbons (Fsp3) is 0.714. The summed E-state index contributed by atoms with van der Waals surface area (Å²) in [5.74, 6) is 0.396. The van der Waals surface area contributed by atoms with E-state index in [9.17, 15) is 14.9 Å². The fourth-order valence-corrected chi connectivity index (χ4v) is 1.99. The molecule has 23 heavy (non-hydrogen) atoms. The summed E-state index contributed by atoms with van der Waals surface area (Å²) in [4.78, 5) is 22.2. The normalized spacial score (nSPS) is 11.2. The standard InChI is InChI=1S/C14H25N5O4/c1-6-18-12(11(19(21)22)10(2)17-18)15-8-7-9-16-13(20)23-14(3,4)5/h15H,6-9H2,1-5H3,(H,16,20). The molecule has 1 aromatic rings. The summed E-state index contributed by atoms with van der Waals surface area (Å²) >= 11 is 0. The molecule has 0 bridgehead atoms. The van der Waals surface area contributed by atoms with Crippen LogP contribution in [0.2, 0.25) is 0 Å². The monoisotopic (exact) mass is 327 g/mol. The molecule has 1 amide bonds. The molecule has 1 rings (SSSR count). The highest BCUT2D eigenvalue weighted by atomic mass is 16.6. The molecular weight excluding hydrogens is 302 g/mol. The highest BCUT2D eigenvalue weighted by Gasteiger charge is 2.24. The van der Waals surface area contributed by atoms with Crippen molar-refractivity contribution in [3.63, 3.8) is 0 Å². The van der Waals surface area contributed by atoms with Crippen molar-refractivity contribution in [1.29, 1.82) is 0 Å². The van der Waals surface area contributed by atoms with E-state index in [-0.39, 0.29) is 5.69 Å². The van der Waals surface area contributed by atoms with Crippen LogP contribution in [0.1, 0.15) is 39.8 Å². The Hall–Kier alpha value is -2.32. The minimum atomic E-state index is -0.534. The molecular formula is C14H25N5O4. The number of carbonyl (C=O) groups excluding carboxylic acids is 1. The Morgan fingerprint density at radius 2 is 2.04 bits per heavy atom. The van der Waals surface area contributed by atoms with E-state index in [1.165, 1.54) is 0 Å². The summed E-state index contributed by atoms with van der Waals surface area (Å²) in [6.45, 7) is 10.3. The first-order valence-electron chi connectivity index (χ1n) is 7.58. The van der Waals surface area contributed by atoms with Gasteiger partial charge in [-0.3, -0.25) is 10.1 Å². The number of nitro groups is 1. The lowest BCUT2D eigenvalue weighted by molar-refractivity contribution is -0.384. The average molecular weight is 327 g/mol. The third kappa shape index (κ3) is 5.76. The van der Waals surface area contributed by atoms with Crippen molar-refractivity contribution in [1.82, 2.24) is 15.1 Å². The zero-order valence-electron chi connectivity index (χ0n) is 14.3. The van der Waals surface area contributed by atoms with Gasteiger partial charge in [-0.05, 0) is 41.0 Å². The predicted octanol–water partition coefficient (Wildman–Crippen LogP) is 2.45. The van der Waals surface area contributed by atoms with Crippen LogP contribution in [0.3, 0.4) is 0 Å². The molecule has 0 aliphatic rings. The van der Waals surface area contributed by atoms with E-state index in [1.807, 2.05) is 6.92 Å². The average Bonchev–Trinajstić information content (AvgIpc) is 2.72. The molecule has 130 valence electrons. The quantitative estimate of drug-likeness (QED) is 0.452. The van der Waals surface area contributed by atoms with Crippen LogP contribution >= 0.6 is 0 Å². The molecule has 0 atom stereocenters. The van der Waals surface area contributed by atoms with Crippen molar-refractivity contribution < 1.29 is 14.5 Å². The fourth-order valence-electron chi connectivity index (χ4n) is 1.99. The number of nitrogens with zero attached hydrogens (tertiary/aromatic N) is 3. The number of hydrogen-bond acceptors (Lipinski definition) is 6. The third-order valence-electron chi connectivity index (χ3n) is 2.89. The Labute approximate surface area is 135 Å². The van der Waals surface area contributed by atoms with E-state index in [0.29, 0.717) is 37.6 Å². The molecule has 1 aromatic heterocycles. The highest BCUT2D eigenvalue weighted by molar-refractivity contribution is 5.67. The molecule has 1 heterocycles. The lowest BCUT2D eigenvalue weighted by atomic mass is 10.2. The molecule has 0 saturated heterocycles. The Bertz CT molecular complexity index is 562. The van der Waals surface area contributed by atoms with E-state index in [2.05, 4.69) is 15.7 Å². The Morgan fingerprint density at radius 3 is 2.57 bits per heavy atom. The summed E-state index contributed by atoms with van der Waals surface area (Å²) in [5.41, 5.74) is -0.160. The number of anilines is 1. The molecule has 0 aliphatic heterocycles. The first kappa shape index (κ1) is 18.7. The zero-order valence-corrected chi connectivity index (χ0v) is 14.3. The maximum atomic E-state index is 11.5. The molecule has 0 fully saturated rings. The molecule has 9 heteroatoms. The highest BCUT2D eigenvalue weighted by Crippen LogP contribution is 2.27. The van der Waals surface area contributed by atoms with E-state index >= 15 is 0 Å². The molecule has 9 nitrogen and oxygen atoms in total. The van der Waals surface area contributed by atoms with Crippen molar-refractivity contribution in [3.8, 4) is 0 Å². The van der Waals surface area contributed by atoms with Gasteiger partial charge in [-0.2, -0.15) is 5.10 Å². The van der Waals surface area contributed by atoms with Gasteiger partial charge in [0.25, 0.3) is 0 Å². The largest absolute Gasteiger partial charge is 0.444 e. The number of ether oxygens (including phenoxy) is 1. The van der Waals surface area contributed by atoms with Gasteiger partial charge in [0.2, 0.25) is 5.82 Å². The topological polar surface area (TPSA) is 111 Å². The number of amides is 1. The lowest BCUT2D eigenvalue weighted by Crippen LogP contribution is -2.33. The van der Waals surface area contributed by atoms with Crippen molar-refractivity contribution in [2.24, 2.45) is 0 Å². The maximum absolute atomic E-state index is 11.5. The van der Waals surface area contributed by atoms with Crippen molar-refractivity contribution in [2.75, 3.05) is 18.4 Å². The second kappa shape index (κ2) is 7.80. The number of aryl methyl sites for hydroxylation is 2. The molecule has 0 aliphatic carbocycles. The number of hydrogen-bond donors (Lipinski definition) is 2. The number of rotatable bonds is 7. The molecule has 0 saturated carbocycles. The molecule has 0 spiro atoms. The smallest absolute Gasteiger partial charge is 0.407 e. The summed E-state index contributed by atoms with van der Waals surface area (Å²) < 4.78 is 6.68. The van der Waals surface area contributed by atoms with Crippen LogP contribution in [0.15, 0.2) is 0 Å². The van der Waals surface area contributed by atoms with Crippen LogP contribution < -0.4 is 10.6 Å². The minimum Gasteiger partial charge on any atom is -0.444 e. The lowest BCUT2D eigenvalue weighted by Gasteiger charge is -2.19. The van der Waals surface area contributed by atoms with Gasteiger partial charge in [0.1, 0.15) is 11.3 Å². The number of alkyl carbamates (subject to hydrolysis) is 1. The van der Waals surface area contributed by atoms with Gasteiger partial charge in [-0.1, -0.05) is 0 Å².